The highest BCUT2D eigenvalue weighted by Gasteiger charge is 2.27. The molecule has 1 aliphatic rings. The first-order chi connectivity index (χ1) is 37.2. The zero-order valence-corrected chi connectivity index (χ0v) is 40.6. The quantitative estimate of drug-likeness (QED) is 0.152. The summed E-state index contributed by atoms with van der Waals surface area (Å²) >= 11 is 0. The number of hydrogen-bond donors (Lipinski definition) is 0. The zero-order valence-electron chi connectivity index (χ0n) is 40.6. The third kappa shape index (κ3) is 7.13. The zero-order chi connectivity index (χ0) is 49.4. The van der Waals surface area contributed by atoms with E-state index >= 15 is 0 Å². The van der Waals surface area contributed by atoms with Crippen LogP contribution < -0.4 is 0 Å². The van der Waals surface area contributed by atoms with Crippen molar-refractivity contribution in [2.75, 3.05) is 0 Å². The largest absolute Gasteiger partial charge is 0.456 e. The number of rotatable bonds is 8. The van der Waals surface area contributed by atoms with Crippen LogP contribution in [0.25, 0.3) is 133 Å². The molecule has 0 saturated carbocycles. The van der Waals surface area contributed by atoms with Crippen LogP contribution in [0.3, 0.4) is 0 Å². The van der Waals surface area contributed by atoms with Gasteiger partial charge in [0.15, 0.2) is 11.6 Å². The van der Waals surface area contributed by atoms with E-state index in [1.54, 1.807) is 0 Å². The van der Waals surface area contributed by atoms with Crippen molar-refractivity contribution in [1.82, 2.24) is 19.5 Å². The average Bonchev–Trinajstić information content (AvgIpc) is 4.21. The fourth-order valence-electron chi connectivity index (χ4n) is 11.4. The Labute approximate surface area is 431 Å². The average molecular weight is 961 g/mol. The maximum absolute atomic E-state index is 7.17. The maximum atomic E-state index is 7.17. The summed E-state index contributed by atoms with van der Waals surface area (Å²) < 4.78 is 16.0. The first-order valence-corrected chi connectivity index (χ1v) is 25.5. The maximum Gasteiger partial charge on any atom is 0.163 e. The molecule has 1 unspecified atom stereocenters. The molecule has 0 aliphatic heterocycles. The van der Waals surface area contributed by atoms with Crippen molar-refractivity contribution in [2.24, 2.45) is 0 Å². The van der Waals surface area contributed by atoms with Crippen molar-refractivity contribution >= 4 is 71.3 Å². The van der Waals surface area contributed by atoms with Crippen LogP contribution in [0.2, 0.25) is 0 Å². The molecule has 0 spiro atoms. The number of nitrogens with zero attached hydrogens (tertiary/aromatic N) is 4. The van der Waals surface area contributed by atoms with E-state index in [-0.39, 0.29) is 5.92 Å². The van der Waals surface area contributed by atoms with Gasteiger partial charge in [-0.2, -0.15) is 0 Å². The van der Waals surface area contributed by atoms with Crippen molar-refractivity contribution in [3.8, 4) is 61.8 Å². The Bertz CT molecular complexity index is 4530. The van der Waals surface area contributed by atoms with E-state index in [1.165, 1.54) is 11.1 Å². The number of fused-ring (bicyclic) bond motifs is 11. The second-order valence-corrected chi connectivity index (χ2v) is 19.4. The lowest BCUT2D eigenvalue weighted by Gasteiger charge is -2.21. The minimum Gasteiger partial charge on any atom is -0.456 e. The van der Waals surface area contributed by atoms with E-state index in [0.29, 0.717) is 11.6 Å². The van der Waals surface area contributed by atoms with Crippen molar-refractivity contribution in [1.29, 1.82) is 0 Å². The highest BCUT2D eigenvalue weighted by Crippen LogP contribution is 2.48. The van der Waals surface area contributed by atoms with E-state index in [2.05, 4.69) is 235 Å². The van der Waals surface area contributed by atoms with Crippen molar-refractivity contribution in [3.63, 3.8) is 0 Å². The molecular weight excluding hydrogens is 917 g/mol. The molecule has 0 radical (unpaired) electrons. The molecule has 4 heterocycles. The molecule has 0 amide bonds. The van der Waals surface area contributed by atoms with E-state index < -0.39 is 0 Å². The fourth-order valence-corrected chi connectivity index (χ4v) is 11.4. The molecule has 6 heteroatoms. The molecule has 6 nitrogen and oxygen atoms in total. The Morgan fingerprint density at radius 1 is 0.387 bits per heavy atom. The predicted octanol–water partition coefficient (Wildman–Crippen LogP) is 18.2. The van der Waals surface area contributed by atoms with Gasteiger partial charge >= 0.3 is 0 Å². The first-order valence-electron chi connectivity index (χ1n) is 25.5. The van der Waals surface area contributed by atoms with Gasteiger partial charge in [0.25, 0.3) is 0 Å². The number of furan rings is 2. The Hall–Kier alpha value is -9.91. The van der Waals surface area contributed by atoms with Gasteiger partial charge in [-0.25, -0.2) is 15.0 Å². The highest BCUT2D eigenvalue weighted by molar-refractivity contribution is 6.28. The Morgan fingerprint density at radius 2 is 0.933 bits per heavy atom. The molecule has 1 atom stereocenters. The van der Waals surface area contributed by atoms with Gasteiger partial charge in [0.1, 0.15) is 28.2 Å². The van der Waals surface area contributed by atoms with E-state index in [1.807, 2.05) is 18.2 Å². The number of aromatic nitrogens is 4. The molecule has 75 heavy (non-hydrogen) atoms. The summed E-state index contributed by atoms with van der Waals surface area (Å²) in [6, 6.07) is 81.2. The second kappa shape index (κ2) is 17.4. The molecule has 352 valence electrons. The first kappa shape index (κ1) is 42.7. The lowest BCUT2D eigenvalue weighted by atomic mass is 9.91. The van der Waals surface area contributed by atoms with Crippen LogP contribution in [0.1, 0.15) is 23.7 Å². The molecule has 0 N–H and O–H groups in total. The molecule has 15 rings (SSSR count). The number of allylic oxidation sites excluding steroid dienone is 4. The summed E-state index contributed by atoms with van der Waals surface area (Å²) in [5.74, 6) is 1.91. The summed E-state index contributed by atoms with van der Waals surface area (Å²) in [7, 11) is 0. The molecule has 14 aromatic rings. The minimum absolute atomic E-state index is 0.0565. The molecule has 0 bridgehead atoms. The summed E-state index contributed by atoms with van der Waals surface area (Å²) in [5, 5.41) is 6.30. The lowest BCUT2D eigenvalue weighted by molar-refractivity contribution is 0.664. The van der Waals surface area contributed by atoms with E-state index in [9.17, 15) is 0 Å². The SMILES string of the molecule is C1=CC(c2nc(-c3ccc(-c4ccccc4)cc3)nc(-c3cc(-c4ccccc4)c(-n4c5ccccc5c5c6oc7c(ccc8oc9ccccc9c87)c6ccc54)c(-c4ccccc4)c3)n2)CC=C1c1ccccc1. The van der Waals surface area contributed by atoms with Gasteiger partial charge in [-0.1, -0.05) is 200 Å². The standard InChI is InChI=1S/C69H44N4O2/c1-5-17-43(18-6-1)45-29-33-49(34-30-45)67-70-68(50-35-31-46(32-36-50)44-19-7-2-8-20-44)72-69(71-67)51-41-56(47-21-9-3-10-22-47)64(57(42-51)48-23-11-4-12-24-48)73-58-27-15-13-25-54(58)62-59(73)39-37-52-53-38-40-61-63(66(53)75-65(52)62)55-26-14-16-28-60(55)74-61/h1-35,37-42,50H,36H2. The Morgan fingerprint density at radius 3 is 1.60 bits per heavy atom. The van der Waals surface area contributed by atoms with Crippen molar-refractivity contribution in [2.45, 2.75) is 12.3 Å². The minimum atomic E-state index is -0.0565. The van der Waals surface area contributed by atoms with Gasteiger partial charge in [0, 0.05) is 49.7 Å². The third-order valence-electron chi connectivity index (χ3n) is 15.0. The van der Waals surface area contributed by atoms with Crippen LogP contribution in [-0.2, 0) is 0 Å². The number of hydrogen-bond acceptors (Lipinski definition) is 5. The predicted molar refractivity (Wildman–Crippen MR) is 307 cm³/mol. The second-order valence-electron chi connectivity index (χ2n) is 19.4. The van der Waals surface area contributed by atoms with Gasteiger partial charge < -0.3 is 13.4 Å². The Kier molecular flexibility index (Phi) is 9.91. The summed E-state index contributed by atoms with van der Waals surface area (Å²) in [6.07, 6.45) is 7.52. The summed E-state index contributed by atoms with van der Waals surface area (Å²) in [4.78, 5) is 16.1. The van der Waals surface area contributed by atoms with Crippen LogP contribution >= 0.6 is 0 Å². The van der Waals surface area contributed by atoms with E-state index in [0.717, 1.165) is 128 Å². The molecule has 4 aromatic heterocycles. The summed E-state index contributed by atoms with van der Waals surface area (Å²) in [5.41, 5.74) is 17.2. The fraction of sp³-hybridized carbons (Fsp3) is 0.0290. The van der Waals surface area contributed by atoms with Crippen molar-refractivity contribution < 1.29 is 8.83 Å². The summed E-state index contributed by atoms with van der Waals surface area (Å²) in [6.45, 7) is 0. The van der Waals surface area contributed by atoms with Gasteiger partial charge in [0.05, 0.1) is 27.5 Å². The highest BCUT2D eigenvalue weighted by atomic mass is 16.3. The van der Waals surface area contributed by atoms with Crippen LogP contribution in [0, 0.1) is 0 Å². The van der Waals surface area contributed by atoms with Gasteiger partial charge in [-0.15, -0.1) is 0 Å². The van der Waals surface area contributed by atoms with Gasteiger partial charge in [0.2, 0.25) is 0 Å². The van der Waals surface area contributed by atoms with E-state index in [4.69, 9.17) is 23.8 Å². The molecule has 0 fully saturated rings. The van der Waals surface area contributed by atoms with Crippen LogP contribution in [0.4, 0.5) is 0 Å². The topological polar surface area (TPSA) is 69.9 Å². The van der Waals surface area contributed by atoms with Gasteiger partial charge in [-0.3, -0.25) is 0 Å². The normalized spacial score (nSPS) is 13.7. The number of para-hydroxylation sites is 2. The third-order valence-corrected chi connectivity index (χ3v) is 15.0. The monoisotopic (exact) mass is 960 g/mol. The van der Waals surface area contributed by atoms with Gasteiger partial charge in [-0.05, 0) is 88.3 Å². The smallest absolute Gasteiger partial charge is 0.163 e. The molecule has 1 aliphatic carbocycles. The molecule has 0 saturated heterocycles. The Balaban J connectivity index is 0.973. The van der Waals surface area contributed by atoms with Crippen molar-refractivity contribution in [3.05, 3.63) is 260 Å². The van der Waals surface area contributed by atoms with Crippen LogP contribution in [0.15, 0.2) is 258 Å². The number of benzene rings is 10. The van der Waals surface area contributed by atoms with Crippen LogP contribution in [0.5, 0.6) is 0 Å². The lowest BCUT2D eigenvalue weighted by Crippen LogP contribution is -2.09. The molecule has 10 aromatic carbocycles. The van der Waals surface area contributed by atoms with Crippen LogP contribution in [-0.4, -0.2) is 19.5 Å². The molecular formula is C69H44N4O2.